The van der Waals surface area contributed by atoms with Crippen LogP contribution >= 0.6 is 0 Å². The standard InChI is InChI=1S/C8H11N.CH4/c1-7(2)8-5-3-4-6-9-8;/h3-7H,1-2H3;1H4/i;1T. The van der Waals surface area contributed by atoms with Gasteiger partial charge >= 0.3 is 0 Å². The molecule has 1 heterocycles. The second-order valence-electron chi connectivity index (χ2n) is 2.41. The van der Waals surface area contributed by atoms with E-state index in [1.165, 1.54) is 7.40 Å². The Labute approximate surface area is 64.5 Å². The molecular weight excluding hydrogens is 122 g/mol. The number of pyridine rings is 1. The normalized spacial score (nSPS) is 9.80. The molecule has 0 aliphatic carbocycles. The van der Waals surface area contributed by atoms with Gasteiger partial charge < -0.3 is 0 Å². The summed E-state index contributed by atoms with van der Waals surface area (Å²) in [6.45, 7) is 4.28. The third-order valence-corrected chi connectivity index (χ3v) is 1.28. The van der Waals surface area contributed by atoms with Crippen LogP contribution in [0.2, 0.25) is 0 Å². The van der Waals surface area contributed by atoms with E-state index in [0.29, 0.717) is 5.92 Å². The Bertz CT molecular complexity index is 172. The Morgan fingerprint density at radius 3 is 2.50 bits per heavy atom. The Morgan fingerprint density at radius 2 is 2.20 bits per heavy atom. The van der Waals surface area contributed by atoms with Crippen LogP contribution in [0.25, 0.3) is 0 Å². The van der Waals surface area contributed by atoms with Crippen LogP contribution in [0.1, 0.15) is 34.2 Å². The minimum atomic E-state index is 0.547. The van der Waals surface area contributed by atoms with E-state index < -0.39 is 0 Å². The van der Waals surface area contributed by atoms with Crippen LogP contribution < -0.4 is 0 Å². The van der Waals surface area contributed by atoms with E-state index >= 15 is 0 Å². The summed E-state index contributed by atoms with van der Waals surface area (Å²) in [5.41, 5.74) is 1.16. The smallest absolute Gasteiger partial charge is 0.0428 e. The highest BCUT2D eigenvalue weighted by Crippen LogP contribution is 2.08. The van der Waals surface area contributed by atoms with E-state index in [1.54, 1.807) is 0 Å². The molecule has 0 aliphatic rings. The largest absolute Gasteiger partial charge is 0.261 e. The van der Waals surface area contributed by atoms with Crippen molar-refractivity contribution in [1.82, 2.24) is 4.98 Å². The molecule has 0 unspecified atom stereocenters. The van der Waals surface area contributed by atoms with Gasteiger partial charge in [-0.15, -0.1) is 0 Å². The van der Waals surface area contributed by atoms with E-state index in [4.69, 9.17) is 1.37 Å². The fourth-order valence-electron chi connectivity index (χ4n) is 0.717. The lowest BCUT2D eigenvalue weighted by Gasteiger charge is -2.00. The Balaban J connectivity index is 0.000000461. The fourth-order valence-corrected chi connectivity index (χ4v) is 0.717. The molecule has 0 spiro atoms. The second kappa shape index (κ2) is 4.04. The number of hydrogen-bond acceptors (Lipinski definition) is 1. The summed E-state index contributed by atoms with van der Waals surface area (Å²) in [4.78, 5) is 4.18. The highest BCUT2D eigenvalue weighted by atomic mass is 14.7. The van der Waals surface area contributed by atoms with Crippen LogP contribution in [0.4, 0.5) is 0 Å². The van der Waals surface area contributed by atoms with E-state index in [-0.39, 0.29) is 0 Å². The van der Waals surface area contributed by atoms with Crippen molar-refractivity contribution < 1.29 is 1.37 Å². The number of aromatic nitrogens is 1. The summed E-state index contributed by atoms with van der Waals surface area (Å²) in [6.07, 6.45) is 1.83. The summed E-state index contributed by atoms with van der Waals surface area (Å²) in [5.74, 6) is 0.547. The quantitative estimate of drug-likeness (QED) is 0.583. The van der Waals surface area contributed by atoms with Crippen LogP contribution in [0.3, 0.4) is 0 Å². The van der Waals surface area contributed by atoms with Gasteiger partial charge in [-0.2, -0.15) is 0 Å². The van der Waals surface area contributed by atoms with Crippen LogP contribution in [0.15, 0.2) is 24.4 Å². The summed E-state index contributed by atoms with van der Waals surface area (Å²) in [6, 6.07) is 6.00. The number of nitrogens with zero attached hydrogens (tertiary/aromatic N) is 1. The topological polar surface area (TPSA) is 12.9 Å². The maximum absolute atomic E-state index is 5.75. The zero-order valence-electron chi connectivity index (χ0n) is 7.83. The number of hydrogen-bond donors (Lipinski definition) is 0. The first-order chi connectivity index (χ1) is 5.30. The highest BCUT2D eigenvalue weighted by Gasteiger charge is 1.95. The molecule has 1 aromatic heterocycles. The van der Waals surface area contributed by atoms with Crippen LogP contribution in [-0.4, -0.2) is 4.98 Å². The predicted molar refractivity (Wildman–Crippen MR) is 45.1 cm³/mol. The van der Waals surface area contributed by atoms with Gasteiger partial charge in [0.2, 0.25) is 0 Å². The van der Waals surface area contributed by atoms with Gasteiger partial charge in [0, 0.05) is 13.3 Å². The molecule has 0 fully saturated rings. The van der Waals surface area contributed by atoms with Crippen LogP contribution in [-0.2, 0) is 0 Å². The average Bonchev–Trinajstić information content (AvgIpc) is 2.10. The molecule has 0 aromatic carbocycles. The molecule has 56 valence electrons. The molecule has 0 N–H and O–H groups in total. The molecule has 1 rings (SSSR count). The average molecular weight is 139 g/mol. The van der Waals surface area contributed by atoms with Gasteiger partial charge in [0.15, 0.2) is 0 Å². The lowest BCUT2D eigenvalue weighted by atomic mass is 10.1. The third kappa shape index (κ3) is 2.18. The lowest BCUT2D eigenvalue weighted by molar-refractivity contribution is 0.823. The monoisotopic (exact) mass is 139 g/mol. The molecule has 10 heavy (non-hydrogen) atoms. The van der Waals surface area contributed by atoms with E-state index in [0.717, 1.165) is 5.69 Å². The van der Waals surface area contributed by atoms with E-state index in [1.807, 2.05) is 24.4 Å². The molecule has 0 amide bonds. The maximum Gasteiger partial charge on any atom is 0.0428 e. The van der Waals surface area contributed by atoms with Gasteiger partial charge in [-0.05, 0) is 18.1 Å². The van der Waals surface area contributed by atoms with Crippen molar-refractivity contribution in [1.29, 1.82) is 0 Å². The summed E-state index contributed by atoms with van der Waals surface area (Å²) in [7, 11) is 1.25. The third-order valence-electron chi connectivity index (χ3n) is 1.28. The number of rotatable bonds is 1. The van der Waals surface area contributed by atoms with Gasteiger partial charge in [-0.25, -0.2) is 0 Å². The van der Waals surface area contributed by atoms with Gasteiger partial charge in [-0.3, -0.25) is 4.98 Å². The van der Waals surface area contributed by atoms with Gasteiger partial charge in [0.05, 0.1) is 0 Å². The first kappa shape index (κ1) is 7.26. The molecule has 1 nitrogen and oxygen atoms in total. The Morgan fingerprint density at radius 1 is 1.50 bits per heavy atom. The maximum atomic E-state index is 5.75. The van der Waals surface area contributed by atoms with Crippen molar-refractivity contribution in [2.75, 3.05) is 0 Å². The molecule has 0 aliphatic heterocycles. The van der Waals surface area contributed by atoms with Crippen molar-refractivity contribution in [3.8, 4) is 0 Å². The Kier molecular flexibility index (Phi) is 2.94. The summed E-state index contributed by atoms with van der Waals surface area (Å²) < 4.78 is 5.75. The van der Waals surface area contributed by atoms with E-state index in [9.17, 15) is 0 Å². The zero-order valence-corrected chi connectivity index (χ0v) is 6.83. The first-order valence-electron chi connectivity index (χ1n) is 4.21. The predicted octanol–water partition coefficient (Wildman–Crippen LogP) is 2.84. The van der Waals surface area contributed by atoms with Crippen molar-refractivity contribution in [2.45, 2.75) is 27.2 Å². The molecule has 0 saturated carbocycles. The summed E-state index contributed by atoms with van der Waals surface area (Å²) in [5, 5.41) is 0. The Hall–Kier alpha value is -0.850. The molecular formula is C9H15N. The summed E-state index contributed by atoms with van der Waals surface area (Å²) >= 11 is 0. The molecule has 1 aromatic rings. The molecule has 0 radical (unpaired) electrons. The SMILES string of the molecule is CC(C)c1ccccn1.[3H]C. The van der Waals surface area contributed by atoms with Crippen LogP contribution in [0.5, 0.6) is 0 Å². The van der Waals surface area contributed by atoms with Crippen molar-refractivity contribution in [3.63, 3.8) is 0 Å². The fraction of sp³-hybridized carbons (Fsp3) is 0.444. The van der Waals surface area contributed by atoms with Crippen LogP contribution in [0, 0.1) is 0 Å². The van der Waals surface area contributed by atoms with Gasteiger partial charge in [0.25, 0.3) is 0 Å². The lowest BCUT2D eigenvalue weighted by Crippen LogP contribution is -1.88. The van der Waals surface area contributed by atoms with Gasteiger partial charge in [-0.1, -0.05) is 27.3 Å². The zero-order chi connectivity index (χ0) is 8.69. The second-order valence-corrected chi connectivity index (χ2v) is 2.41. The molecule has 0 atom stereocenters. The van der Waals surface area contributed by atoms with Crippen molar-refractivity contribution in [3.05, 3.63) is 30.1 Å². The minimum absolute atomic E-state index is 0.547. The highest BCUT2D eigenvalue weighted by molar-refractivity contribution is 5.06. The van der Waals surface area contributed by atoms with Gasteiger partial charge in [0.1, 0.15) is 0 Å². The minimum Gasteiger partial charge on any atom is -0.261 e. The van der Waals surface area contributed by atoms with E-state index in [2.05, 4.69) is 18.8 Å². The molecule has 1 heteroatoms. The molecule has 0 saturated heterocycles. The van der Waals surface area contributed by atoms with Crippen molar-refractivity contribution in [2.24, 2.45) is 0 Å². The van der Waals surface area contributed by atoms with Crippen molar-refractivity contribution >= 4 is 0 Å². The molecule has 0 bridgehead atoms. The first-order valence-corrected chi connectivity index (χ1v) is 3.21.